The van der Waals surface area contributed by atoms with Gasteiger partial charge >= 0.3 is 0 Å². The number of hydrogen-bond acceptors (Lipinski definition) is 4. The monoisotopic (exact) mass is 528 g/mol. The molecule has 0 spiro atoms. The molecule has 206 valence electrons. The van der Waals surface area contributed by atoms with Crippen molar-refractivity contribution in [1.82, 2.24) is 10.9 Å². The normalized spacial score (nSPS) is 9.71. The fourth-order valence-corrected chi connectivity index (χ4v) is 3.59. The number of hydrogen-bond donors (Lipinski definition) is 2. The number of carbonyl (C=O) groups excluding carboxylic acids is 2. The maximum atomic E-state index is 13.7. The lowest BCUT2D eigenvalue weighted by Crippen LogP contribution is -2.42. The van der Waals surface area contributed by atoms with E-state index in [1.807, 2.05) is 71.9 Å². The smallest absolute Gasteiger partial charge is 0.269 e. The summed E-state index contributed by atoms with van der Waals surface area (Å²) in [5, 5.41) is 0. The highest BCUT2D eigenvalue weighted by Crippen LogP contribution is 2.26. The molecular weight excluding hydrogens is 490 g/mol. The van der Waals surface area contributed by atoms with Crippen molar-refractivity contribution in [2.45, 2.75) is 61.0 Å². The zero-order valence-corrected chi connectivity index (χ0v) is 23.2. The van der Waals surface area contributed by atoms with E-state index >= 15 is 0 Å². The maximum absolute atomic E-state index is 13.7. The fourth-order valence-electron chi connectivity index (χ4n) is 3.59. The summed E-state index contributed by atoms with van der Waals surface area (Å²) < 4.78 is 37.9. The topological polar surface area (TPSA) is 76.7 Å². The van der Waals surface area contributed by atoms with Crippen LogP contribution >= 0.6 is 0 Å². The van der Waals surface area contributed by atoms with Gasteiger partial charge in [0.25, 0.3) is 5.91 Å². The molecule has 0 saturated heterocycles. The molecule has 3 aromatic carbocycles. The number of ether oxygens (including phenoxy) is 2. The Kier molecular flexibility index (Phi) is 14.1. The molecule has 0 fully saturated rings. The third-order valence-electron chi connectivity index (χ3n) is 5.34. The van der Waals surface area contributed by atoms with E-state index in [0.29, 0.717) is 24.3 Å². The molecule has 0 radical (unpaired) electrons. The second-order valence-corrected chi connectivity index (χ2v) is 7.62. The molecule has 0 heterocycles. The third kappa shape index (κ3) is 8.87. The first kappa shape index (κ1) is 32.1. The minimum Gasteiger partial charge on any atom is -0.494 e. The summed E-state index contributed by atoms with van der Waals surface area (Å²) in [5.41, 5.74) is 7.95. The Morgan fingerprint density at radius 2 is 1.53 bits per heavy atom. The van der Waals surface area contributed by atoms with Crippen LogP contribution in [0.4, 0.5) is 8.78 Å². The van der Waals surface area contributed by atoms with Gasteiger partial charge in [0, 0.05) is 5.56 Å². The van der Waals surface area contributed by atoms with Crippen LogP contribution in [0.15, 0.2) is 54.6 Å². The molecule has 3 rings (SSSR count). The number of amides is 2. The van der Waals surface area contributed by atoms with Gasteiger partial charge in [0.1, 0.15) is 12.4 Å². The molecule has 0 aliphatic carbocycles. The van der Waals surface area contributed by atoms with Gasteiger partial charge in [0.2, 0.25) is 11.7 Å². The summed E-state index contributed by atoms with van der Waals surface area (Å²) >= 11 is 0. The molecule has 8 heteroatoms. The standard InChI is InChI=1S/C26H26F2N2O4.2C2H6/c1-4-19-16(2)22(34-15-17-8-6-5-7-9-17)11-10-20(19)26(32)30-29-24(31)14-18-12-21(27)25(28)23(13-18)33-3;2*1-2/h5-13H,4,14-15H2,1-3H3,(H,29,31)(H,30,32);2*1-2H3. The first-order valence-electron chi connectivity index (χ1n) is 12.7. The Balaban J connectivity index is 0.00000172. The van der Waals surface area contributed by atoms with Crippen LogP contribution in [0.1, 0.15) is 67.2 Å². The van der Waals surface area contributed by atoms with Crippen LogP contribution in [0.2, 0.25) is 0 Å². The zero-order chi connectivity index (χ0) is 28.7. The van der Waals surface area contributed by atoms with Gasteiger partial charge in [-0.25, -0.2) is 4.39 Å². The Hall–Kier alpha value is -3.94. The summed E-state index contributed by atoms with van der Waals surface area (Å²) in [4.78, 5) is 25.0. The van der Waals surface area contributed by atoms with E-state index in [-0.39, 0.29) is 17.7 Å². The molecule has 0 bridgehead atoms. The van der Waals surface area contributed by atoms with Gasteiger partial charge < -0.3 is 9.47 Å². The SMILES string of the molecule is CC.CC.CCc1c(C(=O)NNC(=O)Cc2cc(F)c(F)c(OC)c2)ccc(OCc2ccccc2)c1C. The van der Waals surface area contributed by atoms with Gasteiger partial charge in [-0.15, -0.1) is 0 Å². The van der Waals surface area contributed by atoms with Gasteiger partial charge in [-0.3, -0.25) is 20.4 Å². The lowest BCUT2D eigenvalue weighted by Gasteiger charge is -2.16. The minimum atomic E-state index is -1.13. The van der Waals surface area contributed by atoms with Gasteiger partial charge in [-0.05, 0) is 59.9 Å². The summed E-state index contributed by atoms with van der Waals surface area (Å²) in [6, 6.07) is 15.3. The van der Waals surface area contributed by atoms with E-state index in [0.717, 1.165) is 22.8 Å². The van der Waals surface area contributed by atoms with Crippen LogP contribution in [-0.2, 0) is 24.2 Å². The highest BCUT2D eigenvalue weighted by Gasteiger charge is 2.17. The average Bonchev–Trinajstić information content (AvgIpc) is 2.95. The van der Waals surface area contributed by atoms with Crippen molar-refractivity contribution >= 4 is 11.8 Å². The van der Waals surface area contributed by atoms with Crippen LogP contribution in [-0.4, -0.2) is 18.9 Å². The van der Waals surface area contributed by atoms with Crippen LogP contribution < -0.4 is 20.3 Å². The van der Waals surface area contributed by atoms with Crippen molar-refractivity contribution < 1.29 is 27.8 Å². The van der Waals surface area contributed by atoms with Crippen LogP contribution in [0.3, 0.4) is 0 Å². The van der Waals surface area contributed by atoms with E-state index in [4.69, 9.17) is 9.47 Å². The van der Waals surface area contributed by atoms with Crippen molar-refractivity contribution in [3.8, 4) is 11.5 Å². The number of rotatable bonds is 8. The molecule has 3 aromatic rings. The quantitative estimate of drug-likeness (QED) is 0.328. The van der Waals surface area contributed by atoms with Gasteiger partial charge in [-0.2, -0.15) is 4.39 Å². The first-order valence-corrected chi connectivity index (χ1v) is 12.7. The molecular formula is C30H38F2N2O4. The van der Waals surface area contributed by atoms with E-state index < -0.39 is 23.4 Å². The Morgan fingerprint density at radius 1 is 0.868 bits per heavy atom. The Labute approximate surface area is 224 Å². The summed E-state index contributed by atoms with van der Waals surface area (Å²) in [5.74, 6) is -2.97. The molecule has 6 nitrogen and oxygen atoms in total. The molecule has 38 heavy (non-hydrogen) atoms. The van der Waals surface area contributed by atoms with Gasteiger partial charge in [0.15, 0.2) is 11.6 Å². The lowest BCUT2D eigenvalue weighted by atomic mass is 9.98. The first-order chi connectivity index (χ1) is 18.3. The van der Waals surface area contributed by atoms with E-state index in [1.54, 1.807) is 12.1 Å². The highest BCUT2D eigenvalue weighted by molar-refractivity contribution is 5.97. The fraction of sp³-hybridized carbons (Fsp3) is 0.333. The second-order valence-electron chi connectivity index (χ2n) is 7.62. The van der Waals surface area contributed by atoms with Crippen molar-refractivity contribution in [2.75, 3.05) is 7.11 Å². The Morgan fingerprint density at radius 3 is 2.13 bits per heavy atom. The van der Waals surface area contributed by atoms with E-state index in [9.17, 15) is 18.4 Å². The second kappa shape index (κ2) is 16.7. The lowest BCUT2D eigenvalue weighted by molar-refractivity contribution is -0.121. The van der Waals surface area contributed by atoms with Crippen molar-refractivity contribution in [1.29, 1.82) is 0 Å². The largest absolute Gasteiger partial charge is 0.494 e. The van der Waals surface area contributed by atoms with Crippen LogP contribution in [0, 0.1) is 18.6 Å². The van der Waals surface area contributed by atoms with Crippen molar-refractivity contribution in [3.63, 3.8) is 0 Å². The van der Waals surface area contributed by atoms with Crippen LogP contribution in [0.5, 0.6) is 11.5 Å². The zero-order valence-electron chi connectivity index (χ0n) is 23.2. The molecule has 0 aromatic heterocycles. The van der Waals surface area contributed by atoms with Crippen molar-refractivity contribution in [3.05, 3.63) is 94.0 Å². The number of halogens is 2. The van der Waals surface area contributed by atoms with Gasteiger partial charge in [0.05, 0.1) is 13.5 Å². The van der Waals surface area contributed by atoms with Crippen LogP contribution in [0.25, 0.3) is 0 Å². The molecule has 0 unspecified atom stereocenters. The number of methoxy groups -OCH3 is 1. The molecule has 0 aliphatic heterocycles. The number of benzene rings is 3. The highest BCUT2D eigenvalue weighted by atomic mass is 19.2. The predicted octanol–water partition coefficient (Wildman–Crippen LogP) is 6.48. The molecule has 0 aliphatic rings. The molecule has 2 amide bonds. The predicted molar refractivity (Wildman–Crippen MR) is 146 cm³/mol. The van der Waals surface area contributed by atoms with E-state index in [1.165, 1.54) is 13.2 Å². The number of nitrogens with one attached hydrogen (secondary N) is 2. The summed E-state index contributed by atoms with van der Waals surface area (Å²) in [7, 11) is 1.20. The maximum Gasteiger partial charge on any atom is 0.269 e. The van der Waals surface area contributed by atoms with E-state index in [2.05, 4.69) is 10.9 Å². The van der Waals surface area contributed by atoms with Crippen molar-refractivity contribution in [2.24, 2.45) is 0 Å². The number of carbonyl (C=O) groups is 2. The van der Waals surface area contributed by atoms with Gasteiger partial charge in [-0.1, -0.05) is 65.0 Å². The average molecular weight is 529 g/mol. The third-order valence-corrected chi connectivity index (χ3v) is 5.34. The molecule has 0 atom stereocenters. The summed E-state index contributed by atoms with van der Waals surface area (Å²) in [6.07, 6.45) is 0.305. The minimum absolute atomic E-state index is 0.201. The Bertz CT molecular complexity index is 1180. The number of hydrazine groups is 1. The molecule has 2 N–H and O–H groups in total. The molecule has 0 saturated carbocycles. The summed E-state index contributed by atoms with van der Waals surface area (Å²) in [6.45, 7) is 12.2.